The molecule has 0 bridgehead atoms. The minimum atomic E-state index is -2.99. The zero-order chi connectivity index (χ0) is 15.3. The van der Waals surface area contributed by atoms with Gasteiger partial charge in [0, 0.05) is 14.2 Å². The average molecular weight is 429 g/mol. The SMILES string of the molecule is COP(=O)(CCOCCN1I=Nc2c(N)ncnc21)OC. The average Bonchev–Trinajstić information content (AvgIpc) is 2.91. The van der Waals surface area contributed by atoms with Crippen LogP contribution >= 0.6 is 28.9 Å². The zero-order valence-electron chi connectivity index (χ0n) is 11.7. The third-order valence-electron chi connectivity index (χ3n) is 2.77. The summed E-state index contributed by atoms with van der Waals surface area (Å²) in [7, 11) is -0.268. The molecule has 21 heavy (non-hydrogen) atoms. The van der Waals surface area contributed by atoms with Gasteiger partial charge >= 0.3 is 7.60 Å². The quantitative estimate of drug-likeness (QED) is 0.290. The molecular weight excluding hydrogens is 412 g/mol. The van der Waals surface area contributed by atoms with Crippen LogP contribution in [0.3, 0.4) is 0 Å². The number of hydrogen-bond donors (Lipinski definition) is 1. The first kappa shape index (κ1) is 16.7. The van der Waals surface area contributed by atoms with Crippen LogP contribution in [0.1, 0.15) is 0 Å². The molecule has 0 aromatic carbocycles. The molecule has 0 unspecified atom stereocenters. The molecule has 0 spiro atoms. The van der Waals surface area contributed by atoms with E-state index in [1.807, 2.05) is 0 Å². The number of hydrogen-bond acceptors (Lipinski definition) is 9. The van der Waals surface area contributed by atoms with Crippen LogP contribution in [-0.4, -0.2) is 50.1 Å². The number of nitrogens with two attached hydrogens (primary N) is 1. The van der Waals surface area contributed by atoms with Gasteiger partial charge < -0.3 is 19.5 Å². The van der Waals surface area contributed by atoms with Crippen molar-refractivity contribution in [2.75, 3.05) is 49.0 Å². The maximum Gasteiger partial charge on any atom is 0.332 e. The Kier molecular flexibility index (Phi) is 5.99. The molecule has 1 aliphatic heterocycles. The van der Waals surface area contributed by atoms with Crippen LogP contribution in [0.2, 0.25) is 0 Å². The fourth-order valence-electron chi connectivity index (χ4n) is 1.58. The molecule has 0 atom stereocenters. The van der Waals surface area contributed by atoms with Gasteiger partial charge in [-0.25, -0.2) is 9.97 Å². The largest absolute Gasteiger partial charge is 0.382 e. The van der Waals surface area contributed by atoms with Crippen molar-refractivity contribution in [1.82, 2.24) is 9.97 Å². The van der Waals surface area contributed by atoms with Crippen LogP contribution in [0.15, 0.2) is 9.47 Å². The van der Waals surface area contributed by atoms with Crippen molar-refractivity contribution < 1.29 is 18.3 Å². The van der Waals surface area contributed by atoms with Crippen LogP contribution in [0, 0.1) is 0 Å². The molecule has 11 heteroatoms. The predicted octanol–water partition coefficient (Wildman–Crippen LogP) is 2.08. The van der Waals surface area contributed by atoms with Gasteiger partial charge in [-0.1, -0.05) is 0 Å². The van der Waals surface area contributed by atoms with Gasteiger partial charge in [0.15, 0.2) is 17.3 Å². The predicted molar refractivity (Wildman–Crippen MR) is 87.2 cm³/mol. The molecule has 2 N–H and O–H groups in total. The second-order valence-corrected chi connectivity index (χ2v) is 8.47. The van der Waals surface area contributed by atoms with Gasteiger partial charge in [0.1, 0.15) is 27.6 Å². The lowest BCUT2D eigenvalue weighted by Crippen LogP contribution is -2.18. The molecule has 118 valence electrons. The fourth-order valence-corrected chi connectivity index (χ4v) is 4.36. The molecule has 9 nitrogen and oxygen atoms in total. The van der Waals surface area contributed by atoms with Crippen LogP contribution in [0.4, 0.5) is 17.3 Å². The third-order valence-corrected chi connectivity index (χ3v) is 6.77. The Hall–Kier alpha value is -0.680. The van der Waals surface area contributed by atoms with E-state index in [1.54, 1.807) is 0 Å². The number of ether oxygens (including phenoxy) is 1. The molecule has 2 heterocycles. The second kappa shape index (κ2) is 7.54. The first-order valence-electron chi connectivity index (χ1n) is 6.11. The smallest absolute Gasteiger partial charge is 0.332 e. The van der Waals surface area contributed by atoms with Gasteiger partial charge in [0.25, 0.3) is 0 Å². The van der Waals surface area contributed by atoms with Crippen molar-refractivity contribution in [3.05, 3.63) is 6.33 Å². The van der Waals surface area contributed by atoms with Crippen molar-refractivity contribution in [3.8, 4) is 0 Å². The monoisotopic (exact) mass is 429 g/mol. The van der Waals surface area contributed by atoms with Gasteiger partial charge in [-0.3, -0.25) is 7.68 Å². The van der Waals surface area contributed by atoms with E-state index >= 15 is 0 Å². The van der Waals surface area contributed by atoms with E-state index in [2.05, 4.69) is 16.2 Å². The molecule has 1 aliphatic rings. The van der Waals surface area contributed by atoms with E-state index in [4.69, 9.17) is 19.5 Å². The van der Waals surface area contributed by atoms with Crippen molar-refractivity contribution >= 4 is 46.2 Å². The summed E-state index contributed by atoms with van der Waals surface area (Å²) in [4.78, 5) is 8.11. The molecule has 0 saturated carbocycles. The third kappa shape index (κ3) is 4.16. The van der Waals surface area contributed by atoms with E-state index in [-0.39, 0.29) is 6.16 Å². The topological polar surface area (TPSA) is 112 Å². The Morgan fingerprint density at radius 1 is 1.33 bits per heavy atom. The highest BCUT2D eigenvalue weighted by Crippen LogP contribution is 2.46. The van der Waals surface area contributed by atoms with E-state index < -0.39 is 28.9 Å². The van der Waals surface area contributed by atoms with Crippen molar-refractivity contribution in [2.24, 2.45) is 3.15 Å². The summed E-state index contributed by atoms with van der Waals surface area (Å²) in [5, 5.41) is 0. The fraction of sp³-hybridized carbons (Fsp3) is 0.600. The highest BCUT2D eigenvalue weighted by molar-refractivity contribution is 14.2. The molecule has 1 aromatic rings. The number of aromatic nitrogens is 2. The van der Waals surface area contributed by atoms with Crippen molar-refractivity contribution in [3.63, 3.8) is 0 Å². The number of fused-ring (bicyclic) bond motifs is 1. The van der Waals surface area contributed by atoms with E-state index in [1.165, 1.54) is 20.5 Å². The van der Waals surface area contributed by atoms with Gasteiger partial charge in [0.05, 0.1) is 25.9 Å². The highest BCUT2D eigenvalue weighted by atomic mass is 127. The highest BCUT2D eigenvalue weighted by Gasteiger charge is 2.22. The maximum absolute atomic E-state index is 11.8. The van der Waals surface area contributed by atoms with Gasteiger partial charge in [-0.2, -0.15) is 3.15 Å². The van der Waals surface area contributed by atoms with E-state index in [9.17, 15) is 4.57 Å². The lowest BCUT2D eigenvalue weighted by atomic mass is 10.4. The van der Waals surface area contributed by atoms with E-state index in [0.29, 0.717) is 31.3 Å². The number of nitrogen functional groups attached to an aromatic ring is 1. The Labute approximate surface area is 133 Å². The Morgan fingerprint density at radius 3 is 2.81 bits per heavy atom. The molecule has 0 aliphatic carbocycles. The number of halogens is 1. The minimum absolute atomic E-state index is 0.227. The molecule has 0 fully saturated rings. The minimum Gasteiger partial charge on any atom is -0.382 e. The van der Waals surface area contributed by atoms with Crippen LogP contribution in [0.25, 0.3) is 0 Å². The molecule has 0 radical (unpaired) electrons. The van der Waals surface area contributed by atoms with Crippen molar-refractivity contribution in [1.29, 1.82) is 0 Å². The Balaban J connectivity index is 1.76. The summed E-state index contributed by atoms with van der Waals surface area (Å²) < 4.78 is 33.4. The molecule has 0 saturated heterocycles. The Morgan fingerprint density at radius 2 is 2.10 bits per heavy atom. The maximum atomic E-state index is 11.8. The number of nitrogens with zero attached hydrogens (tertiary/aromatic N) is 4. The van der Waals surface area contributed by atoms with Gasteiger partial charge in [-0.05, 0) is 0 Å². The first-order valence-corrected chi connectivity index (χ1v) is 9.77. The number of rotatable bonds is 8. The summed E-state index contributed by atoms with van der Waals surface area (Å²) in [5.74, 6) is 1.17. The van der Waals surface area contributed by atoms with Crippen LogP contribution in [-0.2, 0) is 18.3 Å². The van der Waals surface area contributed by atoms with Gasteiger partial charge in [-0.15, -0.1) is 0 Å². The summed E-state index contributed by atoms with van der Waals surface area (Å²) >= 11 is -0.530. The normalized spacial score (nSPS) is 14.1. The standard InChI is InChI=1S/C10H17IN5O4P/c1-18-21(17,19-2)6-5-20-4-3-16-10-8(15-11-16)9(12)13-7-14-10/h7H,3-6H2,1-2H3,(H2,12,13,14). The van der Waals surface area contributed by atoms with Gasteiger partial charge in [0.2, 0.25) is 0 Å². The summed E-state index contributed by atoms with van der Waals surface area (Å²) in [5.41, 5.74) is 6.42. The molecule has 1 aromatic heterocycles. The van der Waals surface area contributed by atoms with E-state index in [0.717, 1.165) is 5.82 Å². The summed E-state index contributed by atoms with van der Waals surface area (Å²) in [6, 6.07) is 0. The number of anilines is 2. The van der Waals surface area contributed by atoms with Crippen LogP contribution < -0.4 is 8.85 Å². The van der Waals surface area contributed by atoms with Crippen molar-refractivity contribution in [2.45, 2.75) is 0 Å². The first-order chi connectivity index (χ1) is 10.1. The zero-order valence-corrected chi connectivity index (χ0v) is 14.8. The second-order valence-electron chi connectivity index (χ2n) is 3.99. The molecular formula is C10H17IN5O4P. The summed E-state index contributed by atoms with van der Waals surface area (Å²) in [6.07, 6.45) is 1.66. The lowest BCUT2D eigenvalue weighted by molar-refractivity contribution is 0.151. The lowest BCUT2D eigenvalue weighted by Gasteiger charge is -2.15. The Bertz CT molecular complexity index is 564. The summed E-state index contributed by atoms with van der Waals surface area (Å²) in [6.45, 7) is 1.44. The molecule has 2 rings (SSSR count). The van der Waals surface area contributed by atoms with Crippen LogP contribution in [0.5, 0.6) is 0 Å². The molecule has 0 amide bonds.